The van der Waals surface area contributed by atoms with Crippen LogP contribution in [-0.2, 0) is 14.6 Å². The molecule has 1 fully saturated rings. The van der Waals surface area contributed by atoms with Gasteiger partial charge in [-0.1, -0.05) is 17.7 Å². The van der Waals surface area contributed by atoms with Crippen LogP contribution in [0.25, 0.3) is 0 Å². The summed E-state index contributed by atoms with van der Waals surface area (Å²) in [5, 5.41) is 0.591. The standard InChI is InChI=1S/C14H18ClNO4S/c1-16(14(17)11-5-8-21(18,19)10-11)6-7-20-13-4-2-3-12(15)9-13/h2-4,9,11H,5-8,10H2,1H3. The Morgan fingerprint density at radius 2 is 2.24 bits per heavy atom. The highest BCUT2D eigenvalue weighted by Gasteiger charge is 2.34. The summed E-state index contributed by atoms with van der Waals surface area (Å²) in [6, 6.07) is 7.03. The SMILES string of the molecule is CN(CCOc1cccc(Cl)c1)C(=O)C1CCS(=O)(=O)C1. The molecule has 1 saturated heterocycles. The molecule has 1 aromatic rings. The van der Waals surface area contributed by atoms with Crippen molar-refractivity contribution in [3.05, 3.63) is 29.3 Å². The number of hydrogen-bond acceptors (Lipinski definition) is 4. The van der Waals surface area contributed by atoms with Crippen LogP contribution in [0.4, 0.5) is 0 Å². The van der Waals surface area contributed by atoms with Gasteiger partial charge in [0.2, 0.25) is 5.91 Å². The van der Waals surface area contributed by atoms with Crippen LogP contribution in [0.1, 0.15) is 6.42 Å². The van der Waals surface area contributed by atoms with Crippen LogP contribution in [-0.4, -0.2) is 50.9 Å². The molecular formula is C14H18ClNO4S. The zero-order chi connectivity index (χ0) is 15.5. The van der Waals surface area contributed by atoms with E-state index in [2.05, 4.69) is 0 Å². The highest BCUT2D eigenvalue weighted by Crippen LogP contribution is 2.20. The number of benzene rings is 1. The quantitative estimate of drug-likeness (QED) is 0.822. The monoisotopic (exact) mass is 331 g/mol. The molecule has 0 radical (unpaired) electrons. The molecule has 116 valence electrons. The second kappa shape index (κ2) is 6.66. The van der Waals surface area contributed by atoms with E-state index in [1.54, 1.807) is 31.3 Å². The van der Waals surface area contributed by atoms with Crippen molar-refractivity contribution in [1.82, 2.24) is 4.90 Å². The largest absolute Gasteiger partial charge is 0.492 e. The minimum absolute atomic E-state index is 0.0364. The maximum Gasteiger partial charge on any atom is 0.226 e. The number of halogens is 1. The van der Waals surface area contributed by atoms with Crippen LogP contribution in [0, 0.1) is 5.92 Å². The first kappa shape index (κ1) is 16.1. The van der Waals surface area contributed by atoms with E-state index < -0.39 is 15.8 Å². The van der Waals surface area contributed by atoms with E-state index in [1.807, 2.05) is 0 Å². The molecule has 21 heavy (non-hydrogen) atoms. The molecule has 0 saturated carbocycles. The molecule has 2 rings (SSSR count). The summed E-state index contributed by atoms with van der Waals surface area (Å²) in [5.41, 5.74) is 0. The predicted octanol–water partition coefficient (Wildman–Crippen LogP) is 1.61. The number of hydrogen-bond donors (Lipinski definition) is 0. The van der Waals surface area contributed by atoms with Crippen LogP contribution >= 0.6 is 11.6 Å². The molecule has 1 aliphatic rings. The molecule has 0 aliphatic carbocycles. The molecular weight excluding hydrogens is 314 g/mol. The summed E-state index contributed by atoms with van der Waals surface area (Å²) in [5.74, 6) is 0.172. The van der Waals surface area contributed by atoms with E-state index in [4.69, 9.17) is 16.3 Å². The van der Waals surface area contributed by atoms with Gasteiger partial charge in [0.25, 0.3) is 0 Å². The lowest BCUT2D eigenvalue weighted by Gasteiger charge is -2.20. The number of sulfone groups is 1. The average Bonchev–Trinajstić information content (AvgIpc) is 2.78. The minimum atomic E-state index is -3.04. The summed E-state index contributed by atoms with van der Waals surface area (Å²) in [4.78, 5) is 13.6. The summed E-state index contributed by atoms with van der Waals surface area (Å²) in [6.07, 6.45) is 0.417. The molecule has 1 unspecified atom stereocenters. The number of carbonyl (C=O) groups is 1. The third-order valence-electron chi connectivity index (χ3n) is 3.45. The van der Waals surface area contributed by atoms with E-state index in [0.29, 0.717) is 30.3 Å². The van der Waals surface area contributed by atoms with Crippen molar-refractivity contribution in [1.29, 1.82) is 0 Å². The minimum Gasteiger partial charge on any atom is -0.492 e. The Labute approximate surface area is 129 Å². The molecule has 1 aromatic carbocycles. The van der Waals surface area contributed by atoms with Gasteiger partial charge in [-0.25, -0.2) is 8.42 Å². The summed E-state index contributed by atoms with van der Waals surface area (Å²) >= 11 is 5.85. The van der Waals surface area contributed by atoms with E-state index in [1.165, 1.54) is 4.90 Å². The first-order valence-corrected chi connectivity index (χ1v) is 8.91. The van der Waals surface area contributed by atoms with Crippen LogP contribution in [0.5, 0.6) is 5.75 Å². The summed E-state index contributed by atoms with van der Waals surface area (Å²) < 4.78 is 28.3. The third-order valence-corrected chi connectivity index (χ3v) is 5.45. The van der Waals surface area contributed by atoms with Gasteiger partial charge >= 0.3 is 0 Å². The van der Waals surface area contributed by atoms with E-state index in [-0.39, 0.29) is 17.4 Å². The van der Waals surface area contributed by atoms with Crippen molar-refractivity contribution >= 4 is 27.3 Å². The molecule has 0 spiro atoms. The van der Waals surface area contributed by atoms with Crippen molar-refractivity contribution in [2.24, 2.45) is 5.92 Å². The molecule has 0 aromatic heterocycles. The molecule has 5 nitrogen and oxygen atoms in total. The Morgan fingerprint density at radius 1 is 1.48 bits per heavy atom. The maximum atomic E-state index is 12.1. The molecule has 0 N–H and O–H groups in total. The zero-order valence-corrected chi connectivity index (χ0v) is 13.4. The Balaban J connectivity index is 1.79. The topological polar surface area (TPSA) is 63.7 Å². The number of carbonyl (C=O) groups excluding carboxylic acids is 1. The Kier molecular flexibility index (Phi) is 5.11. The van der Waals surface area contributed by atoms with Crippen LogP contribution in [0.2, 0.25) is 5.02 Å². The van der Waals surface area contributed by atoms with Crippen molar-refractivity contribution in [3.8, 4) is 5.75 Å². The molecule has 7 heteroatoms. The fourth-order valence-corrected chi connectivity index (χ4v) is 4.18. The van der Waals surface area contributed by atoms with Gasteiger partial charge in [0, 0.05) is 12.1 Å². The van der Waals surface area contributed by atoms with E-state index >= 15 is 0 Å². The fraction of sp³-hybridized carbons (Fsp3) is 0.500. The van der Waals surface area contributed by atoms with Gasteiger partial charge < -0.3 is 9.64 Å². The smallest absolute Gasteiger partial charge is 0.226 e. The van der Waals surface area contributed by atoms with Crippen molar-refractivity contribution in [3.63, 3.8) is 0 Å². The van der Waals surface area contributed by atoms with Crippen molar-refractivity contribution in [2.75, 3.05) is 31.7 Å². The summed E-state index contributed by atoms with van der Waals surface area (Å²) in [7, 11) is -1.37. The number of ether oxygens (including phenoxy) is 1. The van der Waals surface area contributed by atoms with E-state index in [0.717, 1.165) is 0 Å². The third kappa shape index (κ3) is 4.61. The number of amides is 1. The molecule has 1 amide bonds. The Morgan fingerprint density at radius 3 is 2.86 bits per heavy atom. The van der Waals surface area contributed by atoms with Crippen molar-refractivity contribution < 1.29 is 17.9 Å². The molecule has 1 atom stereocenters. The van der Waals surface area contributed by atoms with Gasteiger partial charge in [-0.3, -0.25) is 4.79 Å². The second-order valence-electron chi connectivity index (χ2n) is 5.17. The highest BCUT2D eigenvalue weighted by atomic mass is 35.5. The number of likely N-dealkylation sites (N-methyl/N-ethyl adjacent to an activating group) is 1. The van der Waals surface area contributed by atoms with Gasteiger partial charge in [-0.15, -0.1) is 0 Å². The predicted molar refractivity (Wildman–Crippen MR) is 81.3 cm³/mol. The van der Waals surface area contributed by atoms with Gasteiger partial charge in [-0.2, -0.15) is 0 Å². The number of nitrogens with zero attached hydrogens (tertiary/aromatic N) is 1. The molecule has 1 aliphatic heterocycles. The lowest BCUT2D eigenvalue weighted by Crippen LogP contribution is -2.36. The first-order valence-electron chi connectivity index (χ1n) is 6.71. The van der Waals surface area contributed by atoms with Crippen LogP contribution < -0.4 is 4.74 Å². The molecule has 0 bridgehead atoms. The normalized spacial score (nSPS) is 20.2. The first-order chi connectivity index (χ1) is 9.87. The maximum absolute atomic E-state index is 12.1. The number of rotatable bonds is 5. The second-order valence-corrected chi connectivity index (χ2v) is 7.83. The van der Waals surface area contributed by atoms with Crippen molar-refractivity contribution in [2.45, 2.75) is 6.42 Å². The van der Waals surface area contributed by atoms with E-state index in [9.17, 15) is 13.2 Å². The van der Waals surface area contributed by atoms with Crippen LogP contribution in [0.15, 0.2) is 24.3 Å². The van der Waals surface area contributed by atoms with Gasteiger partial charge in [0.1, 0.15) is 12.4 Å². The van der Waals surface area contributed by atoms with Gasteiger partial charge in [0.05, 0.1) is 24.0 Å². The lowest BCUT2D eigenvalue weighted by atomic mass is 10.1. The molecule has 1 heterocycles. The lowest BCUT2D eigenvalue weighted by molar-refractivity contribution is -0.133. The average molecular weight is 332 g/mol. The van der Waals surface area contributed by atoms with Crippen LogP contribution in [0.3, 0.4) is 0 Å². The fourth-order valence-electron chi connectivity index (χ4n) is 2.27. The highest BCUT2D eigenvalue weighted by molar-refractivity contribution is 7.91. The van der Waals surface area contributed by atoms with Gasteiger partial charge in [0.15, 0.2) is 9.84 Å². The Hall–Kier alpha value is -1.27. The summed E-state index contributed by atoms with van der Waals surface area (Å²) in [6.45, 7) is 0.740. The zero-order valence-electron chi connectivity index (χ0n) is 11.8. The van der Waals surface area contributed by atoms with Gasteiger partial charge in [-0.05, 0) is 24.6 Å². The Bertz CT molecular complexity index is 617.